The van der Waals surface area contributed by atoms with Gasteiger partial charge in [0.25, 0.3) is 0 Å². The minimum Gasteiger partial charge on any atom is -0.497 e. The van der Waals surface area contributed by atoms with E-state index in [9.17, 15) is 0 Å². The van der Waals surface area contributed by atoms with E-state index in [1.165, 1.54) is 0 Å². The van der Waals surface area contributed by atoms with Crippen molar-refractivity contribution >= 4 is 22.5 Å². The number of ether oxygens (including phenoxy) is 1. The fourth-order valence-corrected chi connectivity index (χ4v) is 2.30. The molecule has 0 aliphatic carbocycles. The number of oxazole rings is 1. The van der Waals surface area contributed by atoms with Gasteiger partial charge in [-0.05, 0) is 44.2 Å². The van der Waals surface area contributed by atoms with E-state index in [1.54, 1.807) is 7.11 Å². The highest BCUT2D eigenvalue weighted by atomic mass is 16.5. The van der Waals surface area contributed by atoms with E-state index in [2.05, 4.69) is 24.1 Å². The van der Waals surface area contributed by atoms with Crippen LogP contribution in [0.4, 0.5) is 11.4 Å². The first-order chi connectivity index (χ1) is 10.6. The summed E-state index contributed by atoms with van der Waals surface area (Å²) in [4.78, 5) is 4.50. The lowest BCUT2D eigenvalue weighted by Gasteiger charge is -2.12. The number of hydrogen-bond acceptors (Lipinski definition) is 5. The Kier molecular flexibility index (Phi) is 3.63. The molecule has 3 aromatic rings. The zero-order chi connectivity index (χ0) is 15.7. The molecule has 0 unspecified atom stereocenters. The average molecular weight is 297 g/mol. The van der Waals surface area contributed by atoms with Gasteiger partial charge in [-0.1, -0.05) is 0 Å². The summed E-state index contributed by atoms with van der Waals surface area (Å²) in [5, 5.41) is 3.30. The van der Waals surface area contributed by atoms with E-state index in [0.29, 0.717) is 17.6 Å². The number of benzene rings is 2. The highest BCUT2D eigenvalue weighted by Gasteiger charge is 2.11. The topological polar surface area (TPSA) is 73.3 Å². The van der Waals surface area contributed by atoms with Crippen molar-refractivity contribution in [3.05, 3.63) is 36.4 Å². The number of nitrogens with one attached hydrogen (secondary N) is 1. The number of nitrogen functional groups attached to an aromatic ring is 1. The average Bonchev–Trinajstić information content (AvgIpc) is 2.91. The van der Waals surface area contributed by atoms with Gasteiger partial charge in [0.1, 0.15) is 11.3 Å². The SMILES string of the molecule is COc1ccc2oc(-c3ccc(NC(C)C)c(N)c3)nc2c1. The van der Waals surface area contributed by atoms with E-state index in [0.717, 1.165) is 28.1 Å². The predicted octanol–water partition coefficient (Wildman–Crippen LogP) is 3.91. The summed E-state index contributed by atoms with van der Waals surface area (Å²) in [5.41, 5.74) is 10.0. The third-order valence-corrected chi connectivity index (χ3v) is 3.34. The number of fused-ring (bicyclic) bond motifs is 1. The van der Waals surface area contributed by atoms with Crippen molar-refractivity contribution in [2.24, 2.45) is 0 Å². The highest BCUT2D eigenvalue weighted by molar-refractivity contribution is 5.79. The third kappa shape index (κ3) is 2.70. The summed E-state index contributed by atoms with van der Waals surface area (Å²) < 4.78 is 11.0. The van der Waals surface area contributed by atoms with Crippen molar-refractivity contribution < 1.29 is 9.15 Å². The van der Waals surface area contributed by atoms with Crippen LogP contribution >= 0.6 is 0 Å². The largest absolute Gasteiger partial charge is 0.497 e. The standard InChI is InChI=1S/C17H19N3O2/c1-10(2)19-14-6-4-11(8-13(14)18)17-20-15-9-12(21-3)5-7-16(15)22-17/h4-10,19H,18H2,1-3H3. The van der Waals surface area contributed by atoms with E-state index < -0.39 is 0 Å². The lowest BCUT2D eigenvalue weighted by Crippen LogP contribution is -2.11. The summed E-state index contributed by atoms with van der Waals surface area (Å²) in [6.07, 6.45) is 0. The highest BCUT2D eigenvalue weighted by Crippen LogP contribution is 2.30. The molecule has 3 rings (SSSR count). The van der Waals surface area contributed by atoms with Crippen LogP contribution in [0.5, 0.6) is 5.75 Å². The lowest BCUT2D eigenvalue weighted by molar-refractivity contribution is 0.415. The van der Waals surface area contributed by atoms with Crippen LogP contribution in [0.2, 0.25) is 0 Å². The summed E-state index contributed by atoms with van der Waals surface area (Å²) in [6, 6.07) is 11.6. The molecule has 0 aliphatic rings. The van der Waals surface area contributed by atoms with Gasteiger partial charge in [-0.15, -0.1) is 0 Å². The smallest absolute Gasteiger partial charge is 0.227 e. The zero-order valence-corrected chi connectivity index (χ0v) is 12.9. The van der Waals surface area contributed by atoms with E-state index >= 15 is 0 Å². The van der Waals surface area contributed by atoms with Gasteiger partial charge in [0.15, 0.2) is 5.58 Å². The van der Waals surface area contributed by atoms with Crippen LogP contribution in [0.25, 0.3) is 22.6 Å². The maximum Gasteiger partial charge on any atom is 0.227 e. The van der Waals surface area contributed by atoms with Crippen molar-refractivity contribution in [3.63, 3.8) is 0 Å². The van der Waals surface area contributed by atoms with Crippen molar-refractivity contribution in [2.45, 2.75) is 19.9 Å². The van der Waals surface area contributed by atoms with Crippen molar-refractivity contribution in [2.75, 3.05) is 18.2 Å². The van der Waals surface area contributed by atoms with Gasteiger partial charge in [0, 0.05) is 17.7 Å². The molecule has 0 spiro atoms. The van der Waals surface area contributed by atoms with Crippen molar-refractivity contribution in [1.29, 1.82) is 0 Å². The van der Waals surface area contributed by atoms with Gasteiger partial charge < -0.3 is 20.2 Å². The van der Waals surface area contributed by atoms with Crippen molar-refractivity contribution in [1.82, 2.24) is 4.98 Å². The fourth-order valence-electron chi connectivity index (χ4n) is 2.30. The van der Waals surface area contributed by atoms with Crippen LogP contribution < -0.4 is 15.8 Å². The normalized spacial score (nSPS) is 11.1. The molecular weight excluding hydrogens is 278 g/mol. The quantitative estimate of drug-likeness (QED) is 0.714. The summed E-state index contributed by atoms with van der Waals surface area (Å²) in [6.45, 7) is 4.14. The lowest BCUT2D eigenvalue weighted by atomic mass is 10.1. The number of anilines is 2. The molecule has 114 valence electrons. The first-order valence-electron chi connectivity index (χ1n) is 7.18. The Balaban J connectivity index is 1.98. The predicted molar refractivity (Wildman–Crippen MR) is 89.2 cm³/mol. The molecule has 22 heavy (non-hydrogen) atoms. The second-order valence-corrected chi connectivity index (χ2v) is 5.45. The third-order valence-electron chi connectivity index (χ3n) is 3.34. The molecule has 0 bridgehead atoms. The Morgan fingerprint density at radius 3 is 2.68 bits per heavy atom. The second-order valence-electron chi connectivity index (χ2n) is 5.45. The summed E-state index contributed by atoms with van der Waals surface area (Å²) in [5.74, 6) is 1.30. The molecule has 1 heterocycles. The molecule has 0 fully saturated rings. The Labute approximate surface area is 129 Å². The van der Waals surface area contributed by atoms with Gasteiger partial charge in [-0.25, -0.2) is 4.98 Å². The molecule has 3 N–H and O–H groups in total. The molecule has 0 amide bonds. The maximum absolute atomic E-state index is 6.09. The zero-order valence-electron chi connectivity index (χ0n) is 12.9. The van der Waals surface area contributed by atoms with E-state index in [4.69, 9.17) is 14.9 Å². The molecular formula is C17H19N3O2. The first kappa shape index (κ1) is 14.3. The molecule has 0 atom stereocenters. The van der Waals surface area contributed by atoms with Gasteiger partial charge in [-0.3, -0.25) is 0 Å². The van der Waals surface area contributed by atoms with Gasteiger partial charge in [0.2, 0.25) is 5.89 Å². The monoisotopic (exact) mass is 297 g/mol. The Bertz CT molecular complexity index is 809. The van der Waals surface area contributed by atoms with Crippen LogP contribution in [0.1, 0.15) is 13.8 Å². The Hall–Kier alpha value is -2.69. The van der Waals surface area contributed by atoms with Gasteiger partial charge >= 0.3 is 0 Å². The van der Waals surface area contributed by atoms with Crippen molar-refractivity contribution in [3.8, 4) is 17.2 Å². The maximum atomic E-state index is 6.09. The summed E-state index contributed by atoms with van der Waals surface area (Å²) >= 11 is 0. The second kappa shape index (κ2) is 5.60. The minimum atomic E-state index is 0.324. The Morgan fingerprint density at radius 2 is 2.00 bits per heavy atom. The number of methoxy groups -OCH3 is 1. The number of nitrogens with two attached hydrogens (primary N) is 1. The number of nitrogens with zero attached hydrogens (tertiary/aromatic N) is 1. The minimum absolute atomic E-state index is 0.324. The molecule has 5 heteroatoms. The van der Waals surface area contributed by atoms with Crippen LogP contribution in [0.15, 0.2) is 40.8 Å². The number of aromatic nitrogens is 1. The molecule has 0 saturated carbocycles. The Morgan fingerprint density at radius 1 is 1.18 bits per heavy atom. The van der Waals surface area contributed by atoms with Crippen LogP contribution in [0.3, 0.4) is 0 Å². The van der Waals surface area contributed by atoms with Crippen LogP contribution in [-0.4, -0.2) is 18.1 Å². The van der Waals surface area contributed by atoms with E-state index in [1.807, 2.05) is 36.4 Å². The molecule has 0 radical (unpaired) electrons. The van der Waals surface area contributed by atoms with E-state index in [-0.39, 0.29) is 0 Å². The molecule has 0 saturated heterocycles. The first-order valence-corrected chi connectivity index (χ1v) is 7.18. The molecule has 1 aromatic heterocycles. The van der Waals surface area contributed by atoms with Crippen LogP contribution in [-0.2, 0) is 0 Å². The molecule has 0 aliphatic heterocycles. The van der Waals surface area contributed by atoms with Gasteiger partial charge in [0.05, 0.1) is 18.5 Å². The van der Waals surface area contributed by atoms with Gasteiger partial charge in [-0.2, -0.15) is 0 Å². The molecule has 5 nitrogen and oxygen atoms in total. The molecule has 2 aromatic carbocycles. The number of hydrogen-bond donors (Lipinski definition) is 2. The summed E-state index contributed by atoms with van der Waals surface area (Å²) in [7, 11) is 1.63. The van der Waals surface area contributed by atoms with Crippen LogP contribution in [0, 0.1) is 0 Å². The number of rotatable bonds is 4. The fraction of sp³-hybridized carbons (Fsp3) is 0.235.